The molecule has 3 aliphatic heterocycles. The molecule has 0 aliphatic carbocycles. The monoisotopic (exact) mass is 344 g/mol. The number of nitrogens with zero attached hydrogens (tertiary/aromatic N) is 2. The van der Waals surface area contributed by atoms with E-state index >= 15 is 0 Å². The van der Waals surface area contributed by atoms with Gasteiger partial charge >= 0.3 is 0 Å². The molecule has 1 aromatic carbocycles. The summed E-state index contributed by atoms with van der Waals surface area (Å²) < 4.78 is 0. The number of hydrogen-bond donors (Lipinski definition) is 1. The number of carbonyl (C=O) groups is 1. The second-order valence-electron chi connectivity index (χ2n) is 8.58. The smallest absolute Gasteiger partial charge is 0.219 e. The molecule has 0 aromatic heterocycles. The third kappa shape index (κ3) is 5.05. The van der Waals surface area contributed by atoms with Crippen molar-refractivity contribution in [1.82, 2.24) is 9.80 Å². The molecule has 25 heavy (non-hydrogen) atoms. The molecule has 1 aromatic rings. The molecule has 138 valence electrons. The van der Waals surface area contributed by atoms with Crippen LogP contribution in [0.15, 0.2) is 24.3 Å². The minimum Gasteiger partial charge on any atom is -0.390 e. The van der Waals surface area contributed by atoms with Crippen molar-refractivity contribution in [3.63, 3.8) is 0 Å². The minimum atomic E-state index is -0.605. The molecular weight excluding hydrogens is 312 g/mol. The Hall–Kier alpha value is -1.39. The van der Waals surface area contributed by atoms with E-state index in [2.05, 4.69) is 29.2 Å². The van der Waals surface area contributed by atoms with E-state index in [1.165, 1.54) is 24.0 Å². The van der Waals surface area contributed by atoms with Crippen LogP contribution in [-0.2, 0) is 17.8 Å². The van der Waals surface area contributed by atoms with E-state index < -0.39 is 5.60 Å². The number of aliphatic hydroxyl groups is 1. The van der Waals surface area contributed by atoms with Crippen LogP contribution < -0.4 is 0 Å². The molecule has 4 heteroatoms. The molecule has 4 rings (SSSR count). The van der Waals surface area contributed by atoms with E-state index in [0.29, 0.717) is 12.0 Å². The number of carbonyl (C=O) groups excluding carboxylic acids is 1. The van der Waals surface area contributed by atoms with Crippen LogP contribution in [-0.4, -0.2) is 52.1 Å². The molecule has 0 spiro atoms. The van der Waals surface area contributed by atoms with E-state index in [-0.39, 0.29) is 5.91 Å². The molecular formula is C21H32N2O2. The van der Waals surface area contributed by atoms with Gasteiger partial charge in [0, 0.05) is 39.1 Å². The fourth-order valence-electron chi connectivity index (χ4n) is 4.13. The van der Waals surface area contributed by atoms with Crippen molar-refractivity contribution in [2.75, 3.05) is 19.6 Å². The van der Waals surface area contributed by atoms with Gasteiger partial charge in [0.05, 0.1) is 5.60 Å². The zero-order valence-electron chi connectivity index (χ0n) is 15.9. The summed E-state index contributed by atoms with van der Waals surface area (Å²) in [5.74, 6) is 0.837. The second kappa shape index (κ2) is 7.46. The maximum Gasteiger partial charge on any atom is 0.219 e. The van der Waals surface area contributed by atoms with Crippen LogP contribution in [0.4, 0.5) is 0 Å². The van der Waals surface area contributed by atoms with Crippen LogP contribution in [0.5, 0.6) is 0 Å². The SMILES string of the molecule is CC(=O)N1C[C@@H]2CC[C@H](C1)N(Cc1ccc(CCC(C)(C)O)cc1)C2. The minimum absolute atomic E-state index is 0.218. The van der Waals surface area contributed by atoms with Gasteiger partial charge in [-0.3, -0.25) is 9.69 Å². The first-order chi connectivity index (χ1) is 11.8. The Kier molecular flexibility index (Phi) is 5.49. The summed E-state index contributed by atoms with van der Waals surface area (Å²) in [5.41, 5.74) is 2.02. The molecule has 3 aliphatic rings. The molecule has 3 heterocycles. The third-order valence-corrected chi connectivity index (χ3v) is 5.71. The lowest BCUT2D eigenvalue weighted by atomic mass is 9.94. The van der Waals surface area contributed by atoms with Gasteiger partial charge in [-0.2, -0.15) is 0 Å². The molecule has 1 amide bonds. The van der Waals surface area contributed by atoms with Gasteiger partial charge in [-0.05, 0) is 56.6 Å². The molecule has 3 fully saturated rings. The Morgan fingerprint density at radius 3 is 2.44 bits per heavy atom. The lowest BCUT2D eigenvalue weighted by Crippen LogP contribution is -2.43. The average molecular weight is 344 g/mol. The Bertz CT molecular complexity index is 591. The molecule has 3 saturated heterocycles. The zero-order chi connectivity index (χ0) is 18.0. The van der Waals surface area contributed by atoms with Crippen molar-refractivity contribution in [1.29, 1.82) is 0 Å². The Balaban J connectivity index is 1.60. The number of amides is 1. The molecule has 0 unspecified atom stereocenters. The van der Waals surface area contributed by atoms with Gasteiger partial charge in [-0.25, -0.2) is 0 Å². The number of rotatable bonds is 5. The number of hydrogen-bond acceptors (Lipinski definition) is 3. The fourth-order valence-corrected chi connectivity index (χ4v) is 4.13. The molecule has 0 radical (unpaired) electrons. The number of piperidine rings is 1. The highest BCUT2D eigenvalue weighted by atomic mass is 16.3. The zero-order valence-corrected chi connectivity index (χ0v) is 15.9. The van der Waals surface area contributed by atoms with Gasteiger partial charge < -0.3 is 10.0 Å². The average Bonchev–Trinajstić information content (AvgIpc) is 2.85. The van der Waals surface area contributed by atoms with Gasteiger partial charge in [-0.15, -0.1) is 0 Å². The van der Waals surface area contributed by atoms with Crippen molar-refractivity contribution < 1.29 is 9.90 Å². The fraction of sp³-hybridized carbons (Fsp3) is 0.667. The Morgan fingerprint density at radius 1 is 1.12 bits per heavy atom. The van der Waals surface area contributed by atoms with E-state index in [1.54, 1.807) is 6.92 Å². The molecule has 4 nitrogen and oxygen atoms in total. The Morgan fingerprint density at radius 2 is 1.80 bits per heavy atom. The quantitative estimate of drug-likeness (QED) is 0.893. The van der Waals surface area contributed by atoms with Crippen LogP contribution in [0, 0.1) is 5.92 Å². The van der Waals surface area contributed by atoms with Crippen LogP contribution in [0.3, 0.4) is 0 Å². The standard InChI is InChI=1S/C21H32N2O2/c1-16(24)22-13-19-8-9-20(15-22)23(14-19)12-18-6-4-17(5-7-18)10-11-21(2,3)25/h4-7,19-20,25H,8-15H2,1-3H3/t19-,20+/m0/s1. The van der Waals surface area contributed by atoms with Gasteiger partial charge in [0.1, 0.15) is 0 Å². The van der Waals surface area contributed by atoms with E-state index in [0.717, 1.165) is 39.0 Å². The Labute approximate surface area is 151 Å². The highest BCUT2D eigenvalue weighted by molar-refractivity contribution is 5.73. The highest BCUT2D eigenvalue weighted by Crippen LogP contribution is 2.29. The predicted molar refractivity (Wildman–Crippen MR) is 100 cm³/mol. The lowest BCUT2D eigenvalue weighted by molar-refractivity contribution is -0.129. The summed E-state index contributed by atoms with van der Waals surface area (Å²) in [6.07, 6.45) is 4.15. The largest absolute Gasteiger partial charge is 0.390 e. The summed E-state index contributed by atoms with van der Waals surface area (Å²) in [5, 5.41) is 9.86. The van der Waals surface area contributed by atoms with Crippen molar-refractivity contribution in [2.24, 2.45) is 5.92 Å². The lowest BCUT2D eigenvalue weighted by Gasteiger charge is -2.36. The van der Waals surface area contributed by atoms with Crippen molar-refractivity contribution in [3.8, 4) is 0 Å². The van der Waals surface area contributed by atoms with Gasteiger partial charge in [-0.1, -0.05) is 24.3 Å². The summed E-state index contributed by atoms with van der Waals surface area (Å²) >= 11 is 0. The van der Waals surface area contributed by atoms with E-state index in [9.17, 15) is 9.90 Å². The normalized spacial score (nSPS) is 24.4. The summed E-state index contributed by atoms with van der Waals surface area (Å²) in [6, 6.07) is 9.33. The predicted octanol–water partition coefficient (Wildman–Crippen LogP) is 2.83. The maximum absolute atomic E-state index is 11.8. The number of benzene rings is 1. The number of aryl methyl sites for hydroxylation is 1. The first kappa shape index (κ1) is 18.4. The molecule has 2 atom stereocenters. The maximum atomic E-state index is 11.8. The van der Waals surface area contributed by atoms with Crippen LogP contribution in [0.1, 0.15) is 51.2 Å². The molecule has 2 bridgehead atoms. The van der Waals surface area contributed by atoms with E-state index in [4.69, 9.17) is 0 Å². The van der Waals surface area contributed by atoms with Gasteiger partial charge in [0.15, 0.2) is 0 Å². The molecule has 0 saturated carbocycles. The van der Waals surface area contributed by atoms with Crippen molar-refractivity contribution >= 4 is 5.91 Å². The highest BCUT2D eigenvalue weighted by Gasteiger charge is 2.35. The first-order valence-electron chi connectivity index (χ1n) is 9.60. The number of fused-ring (bicyclic) bond motifs is 4. The summed E-state index contributed by atoms with van der Waals surface area (Å²) in [7, 11) is 0. The molecule has 1 N–H and O–H groups in total. The van der Waals surface area contributed by atoms with Gasteiger partial charge in [0.25, 0.3) is 0 Å². The van der Waals surface area contributed by atoms with Gasteiger partial charge in [0.2, 0.25) is 5.91 Å². The van der Waals surface area contributed by atoms with Crippen LogP contribution >= 0.6 is 0 Å². The third-order valence-electron chi connectivity index (χ3n) is 5.71. The topological polar surface area (TPSA) is 43.8 Å². The summed E-state index contributed by atoms with van der Waals surface area (Å²) in [6.45, 7) is 9.31. The van der Waals surface area contributed by atoms with Crippen molar-refractivity contribution in [3.05, 3.63) is 35.4 Å². The first-order valence-corrected chi connectivity index (χ1v) is 9.60. The van der Waals surface area contributed by atoms with Crippen LogP contribution in [0.2, 0.25) is 0 Å². The summed E-state index contributed by atoms with van der Waals surface area (Å²) in [4.78, 5) is 16.4. The van der Waals surface area contributed by atoms with Crippen LogP contribution in [0.25, 0.3) is 0 Å². The second-order valence-corrected chi connectivity index (χ2v) is 8.58. The van der Waals surface area contributed by atoms with E-state index in [1.807, 2.05) is 18.7 Å². The van der Waals surface area contributed by atoms with Crippen molar-refractivity contribution in [2.45, 2.75) is 64.6 Å².